The highest BCUT2D eigenvalue weighted by Gasteiger charge is 2.13. The minimum absolute atomic E-state index is 0.187. The van der Waals surface area contributed by atoms with Crippen molar-refractivity contribution in [2.24, 2.45) is 5.92 Å². The average Bonchev–Trinajstić information content (AvgIpc) is 2.79. The number of nitrogens with zero attached hydrogens (tertiary/aromatic N) is 4. The number of hydrogen-bond acceptors (Lipinski definition) is 4. The van der Waals surface area contributed by atoms with Gasteiger partial charge in [0.1, 0.15) is 11.6 Å². The highest BCUT2D eigenvalue weighted by Crippen LogP contribution is 2.19. The fraction of sp³-hybridized carbons (Fsp3) is 0.353. The monoisotopic (exact) mass is 329 g/mol. The van der Waals surface area contributed by atoms with Gasteiger partial charge in [-0.05, 0) is 43.5 Å². The van der Waals surface area contributed by atoms with E-state index in [9.17, 15) is 9.18 Å². The summed E-state index contributed by atoms with van der Waals surface area (Å²) in [4.78, 5) is 16.8. The van der Waals surface area contributed by atoms with E-state index in [2.05, 4.69) is 15.4 Å². The lowest BCUT2D eigenvalue weighted by Gasteiger charge is -2.08. The van der Waals surface area contributed by atoms with Crippen LogP contribution in [-0.2, 0) is 6.54 Å². The molecule has 1 aromatic carbocycles. The van der Waals surface area contributed by atoms with Crippen molar-refractivity contribution in [2.75, 3.05) is 5.32 Å². The molecule has 0 unspecified atom stereocenters. The fourth-order valence-corrected chi connectivity index (χ4v) is 2.58. The molecule has 6 nitrogen and oxygen atoms in total. The van der Waals surface area contributed by atoms with Crippen molar-refractivity contribution in [3.05, 3.63) is 51.8 Å². The van der Waals surface area contributed by atoms with E-state index in [1.807, 2.05) is 20.8 Å². The van der Waals surface area contributed by atoms with Crippen molar-refractivity contribution in [1.82, 2.24) is 19.2 Å². The summed E-state index contributed by atoms with van der Waals surface area (Å²) < 4.78 is 16.3. The normalized spacial score (nSPS) is 11.4. The number of nitrogens with one attached hydrogen (secondary N) is 1. The van der Waals surface area contributed by atoms with Gasteiger partial charge in [-0.1, -0.05) is 13.8 Å². The molecular weight excluding hydrogens is 309 g/mol. The van der Waals surface area contributed by atoms with Crippen molar-refractivity contribution in [3.8, 4) is 0 Å². The smallest absolute Gasteiger partial charge is 0.340 e. The lowest BCUT2D eigenvalue weighted by atomic mass is 10.2. The number of rotatable bonds is 4. The van der Waals surface area contributed by atoms with Gasteiger partial charge in [-0.15, -0.1) is 5.10 Å². The lowest BCUT2D eigenvalue weighted by molar-refractivity contribution is 0.471. The van der Waals surface area contributed by atoms with E-state index >= 15 is 0 Å². The summed E-state index contributed by atoms with van der Waals surface area (Å²) in [6, 6.07) is 6.53. The van der Waals surface area contributed by atoms with Crippen LogP contribution < -0.4 is 11.0 Å². The first-order valence-corrected chi connectivity index (χ1v) is 7.85. The maximum absolute atomic E-state index is 13.4. The van der Waals surface area contributed by atoms with Gasteiger partial charge < -0.3 is 5.32 Å². The third-order valence-corrected chi connectivity index (χ3v) is 3.71. The van der Waals surface area contributed by atoms with E-state index in [1.54, 1.807) is 25.1 Å². The second-order valence-corrected chi connectivity index (χ2v) is 6.37. The highest BCUT2D eigenvalue weighted by molar-refractivity contribution is 5.59. The van der Waals surface area contributed by atoms with Gasteiger partial charge in [-0.3, -0.25) is 0 Å². The molecule has 0 aliphatic rings. The predicted octanol–water partition coefficient (Wildman–Crippen LogP) is 3.05. The molecule has 7 heteroatoms. The Morgan fingerprint density at radius 1 is 1.25 bits per heavy atom. The zero-order chi connectivity index (χ0) is 17.4. The average molecular weight is 329 g/mol. The van der Waals surface area contributed by atoms with Gasteiger partial charge in [0.2, 0.25) is 0 Å². The van der Waals surface area contributed by atoms with Gasteiger partial charge in [0.05, 0.1) is 0 Å². The standard InChI is InChI=1S/C17H20FN5O/c1-10(2)9-22-17(24)23-12(4)8-15(20-16(23)21-22)19-13-5-6-14(18)11(3)7-13/h5-8,10H,9H2,1-4H3,(H,19,20,21). The molecule has 1 N–H and O–H groups in total. The van der Waals surface area contributed by atoms with E-state index in [-0.39, 0.29) is 11.5 Å². The van der Waals surface area contributed by atoms with Crippen LogP contribution in [0.3, 0.4) is 0 Å². The van der Waals surface area contributed by atoms with E-state index in [0.717, 1.165) is 11.4 Å². The summed E-state index contributed by atoms with van der Waals surface area (Å²) in [5.74, 6) is 0.974. The molecule has 0 spiro atoms. The second-order valence-electron chi connectivity index (χ2n) is 6.37. The molecular formula is C17H20FN5O. The summed E-state index contributed by atoms with van der Waals surface area (Å²) in [7, 11) is 0. The van der Waals surface area contributed by atoms with Crippen molar-refractivity contribution in [2.45, 2.75) is 34.2 Å². The first-order chi connectivity index (χ1) is 11.3. The van der Waals surface area contributed by atoms with Crippen molar-refractivity contribution in [1.29, 1.82) is 0 Å². The number of halogens is 1. The predicted molar refractivity (Wildman–Crippen MR) is 91.2 cm³/mol. The molecule has 3 rings (SSSR count). The Labute approximate surface area is 139 Å². The minimum Gasteiger partial charge on any atom is -0.340 e. The van der Waals surface area contributed by atoms with Crippen LogP contribution >= 0.6 is 0 Å². The molecule has 0 aliphatic carbocycles. The van der Waals surface area contributed by atoms with Crippen LogP contribution in [0.5, 0.6) is 0 Å². The minimum atomic E-state index is -0.251. The number of aryl methyl sites for hydroxylation is 2. The van der Waals surface area contributed by atoms with Crippen LogP contribution in [-0.4, -0.2) is 19.2 Å². The Balaban J connectivity index is 2.01. The molecule has 0 saturated carbocycles. The molecule has 126 valence electrons. The zero-order valence-electron chi connectivity index (χ0n) is 14.2. The van der Waals surface area contributed by atoms with Gasteiger partial charge in [-0.2, -0.15) is 4.98 Å². The molecule has 0 amide bonds. The van der Waals surface area contributed by atoms with Gasteiger partial charge in [0.25, 0.3) is 5.78 Å². The second kappa shape index (κ2) is 6.07. The van der Waals surface area contributed by atoms with Gasteiger partial charge in [0.15, 0.2) is 0 Å². The molecule has 0 fully saturated rings. The van der Waals surface area contributed by atoms with Crippen molar-refractivity contribution in [3.63, 3.8) is 0 Å². The Morgan fingerprint density at radius 3 is 2.67 bits per heavy atom. The van der Waals surface area contributed by atoms with Crippen LogP contribution in [0, 0.1) is 25.6 Å². The van der Waals surface area contributed by atoms with Gasteiger partial charge >= 0.3 is 5.69 Å². The van der Waals surface area contributed by atoms with Crippen molar-refractivity contribution >= 4 is 17.3 Å². The summed E-state index contributed by atoms with van der Waals surface area (Å²) in [6.45, 7) is 8.14. The van der Waals surface area contributed by atoms with Crippen LogP contribution in [0.25, 0.3) is 5.78 Å². The fourth-order valence-electron chi connectivity index (χ4n) is 2.58. The first kappa shape index (κ1) is 16.2. The van der Waals surface area contributed by atoms with E-state index in [1.165, 1.54) is 15.1 Å². The number of benzene rings is 1. The molecule has 0 saturated heterocycles. The molecule has 0 bridgehead atoms. The van der Waals surface area contributed by atoms with E-state index < -0.39 is 0 Å². The maximum atomic E-state index is 13.4. The quantitative estimate of drug-likeness (QED) is 0.799. The van der Waals surface area contributed by atoms with Crippen LogP contribution in [0.4, 0.5) is 15.9 Å². The molecule has 0 aliphatic heterocycles. The topological polar surface area (TPSA) is 64.2 Å². The third-order valence-electron chi connectivity index (χ3n) is 3.71. The number of aromatic nitrogens is 4. The Kier molecular flexibility index (Phi) is 4.09. The summed E-state index contributed by atoms with van der Waals surface area (Å²) >= 11 is 0. The Morgan fingerprint density at radius 2 is 2.00 bits per heavy atom. The summed E-state index contributed by atoms with van der Waals surface area (Å²) in [5.41, 5.74) is 1.83. The summed E-state index contributed by atoms with van der Waals surface area (Å²) in [6.07, 6.45) is 0. The summed E-state index contributed by atoms with van der Waals surface area (Å²) in [5, 5.41) is 7.44. The first-order valence-electron chi connectivity index (χ1n) is 7.85. The van der Waals surface area contributed by atoms with Gasteiger partial charge in [-0.25, -0.2) is 18.3 Å². The largest absolute Gasteiger partial charge is 0.351 e. The zero-order valence-corrected chi connectivity index (χ0v) is 14.2. The van der Waals surface area contributed by atoms with Crippen molar-refractivity contribution < 1.29 is 4.39 Å². The van der Waals surface area contributed by atoms with E-state index in [4.69, 9.17) is 0 Å². The van der Waals surface area contributed by atoms with Crippen LogP contribution in [0.15, 0.2) is 29.1 Å². The molecule has 0 atom stereocenters. The third kappa shape index (κ3) is 3.02. The number of hydrogen-bond donors (Lipinski definition) is 1. The molecule has 3 aromatic rings. The number of fused-ring (bicyclic) bond motifs is 1. The molecule has 2 heterocycles. The van der Waals surface area contributed by atoms with Crippen LogP contribution in [0.2, 0.25) is 0 Å². The highest BCUT2D eigenvalue weighted by atomic mass is 19.1. The van der Waals surface area contributed by atoms with Gasteiger partial charge in [0, 0.05) is 24.0 Å². The molecule has 24 heavy (non-hydrogen) atoms. The number of anilines is 2. The molecule has 0 radical (unpaired) electrons. The lowest BCUT2D eigenvalue weighted by Crippen LogP contribution is -2.24. The SMILES string of the molecule is Cc1cc(Nc2cc(C)n3c(=O)n(CC(C)C)nc3n2)ccc1F. The maximum Gasteiger partial charge on any atom is 0.351 e. The Bertz CT molecular complexity index is 958. The van der Waals surface area contributed by atoms with Crippen LogP contribution in [0.1, 0.15) is 25.1 Å². The molecule has 2 aromatic heterocycles. The Hall–Kier alpha value is -2.70. The van der Waals surface area contributed by atoms with E-state index in [0.29, 0.717) is 29.6 Å².